The van der Waals surface area contributed by atoms with E-state index in [1.54, 1.807) is 0 Å². The van der Waals surface area contributed by atoms with Gasteiger partial charge in [-0.15, -0.1) is 0 Å². The fraction of sp³-hybridized carbons (Fsp3) is 0.333. The number of hydrogen-bond acceptors (Lipinski definition) is 4. The number of benzene rings is 1. The van der Waals surface area contributed by atoms with Crippen molar-refractivity contribution < 1.29 is 0 Å². The molecule has 0 aliphatic carbocycles. The normalized spacial score (nSPS) is 10.4. The summed E-state index contributed by atoms with van der Waals surface area (Å²) in [7, 11) is 0. The van der Waals surface area contributed by atoms with Crippen molar-refractivity contribution in [3.63, 3.8) is 0 Å². The summed E-state index contributed by atoms with van der Waals surface area (Å²) in [5.41, 5.74) is 1.97. The molecule has 0 spiro atoms. The third-order valence-electron chi connectivity index (χ3n) is 2.96. The first-order valence-corrected chi connectivity index (χ1v) is 7.15. The van der Waals surface area contributed by atoms with Crippen LogP contribution in [0.3, 0.4) is 0 Å². The van der Waals surface area contributed by atoms with E-state index in [9.17, 15) is 0 Å². The van der Waals surface area contributed by atoms with Gasteiger partial charge >= 0.3 is 0 Å². The van der Waals surface area contributed by atoms with Gasteiger partial charge in [0.05, 0.1) is 0 Å². The molecule has 0 saturated heterocycles. The first-order chi connectivity index (χ1) is 9.63. The molecule has 0 bridgehead atoms. The fourth-order valence-electron chi connectivity index (χ4n) is 1.85. The Balaban J connectivity index is 2.34. The first-order valence-electron chi connectivity index (χ1n) is 6.78. The van der Waals surface area contributed by atoms with E-state index in [-0.39, 0.29) is 0 Å². The molecule has 0 fully saturated rings. The maximum atomic E-state index is 5.90. The van der Waals surface area contributed by atoms with Crippen LogP contribution in [0.2, 0.25) is 5.02 Å². The van der Waals surface area contributed by atoms with Gasteiger partial charge in [0.1, 0.15) is 17.5 Å². The zero-order chi connectivity index (χ0) is 14.5. The Bertz CT molecular complexity index is 581. The van der Waals surface area contributed by atoms with Gasteiger partial charge < -0.3 is 10.6 Å². The number of nitrogens with one attached hydrogen (secondary N) is 2. The summed E-state index contributed by atoms with van der Waals surface area (Å²) in [4.78, 5) is 9.07. The fourth-order valence-corrected chi connectivity index (χ4v) is 1.98. The molecule has 106 valence electrons. The third-order valence-corrected chi connectivity index (χ3v) is 3.21. The largest absolute Gasteiger partial charge is 0.370 e. The van der Waals surface area contributed by atoms with E-state index in [0.29, 0.717) is 0 Å². The van der Waals surface area contributed by atoms with Gasteiger partial charge in [-0.25, -0.2) is 9.97 Å². The summed E-state index contributed by atoms with van der Waals surface area (Å²) in [5.74, 6) is 2.54. The van der Waals surface area contributed by atoms with Crippen LogP contribution in [0.1, 0.15) is 25.2 Å². The van der Waals surface area contributed by atoms with Crippen molar-refractivity contribution in [2.45, 2.75) is 27.2 Å². The van der Waals surface area contributed by atoms with Crippen LogP contribution >= 0.6 is 11.6 Å². The highest BCUT2D eigenvalue weighted by Gasteiger charge is 2.10. The molecule has 2 N–H and O–H groups in total. The highest BCUT2D eigenvalue weighted by atomic mass is 35.5. The van der Waals surface area contributed by atoms with Crippen LogP contribution in [-0.2, 0) is 6.42 Å². The monoisotopic (exact) mass is 290 g/mol. The van der Waals surface area contributed by atoms with Crippen molar-refractivity contribution in [2.75, 3.05) is 17.2 Å². The van der Waals surface area contributed by atoms with Crippen molar-refractivity contribution in [2.24, 2.45) is 0 Å². The average molecular weight is 291 g/mol. The zero-order valence-corrected chi connectivity index (χ0v) is 12.8. The lowest BCUT2D eigenvalue weighted by molar-refractivity contribution is 0.930. The topological polar surface area (TPSA) is 49.8 Å². The minimum absolute atomic E-state index is 0.720. The number of anilines is 3. The molecular formula is C15H19ClN4. The first kappa shape index (κ1) is 14.6. The molecule has 0 radical (unpaired) electrons. The van der Waals surface area contributed by atoms with E-state index >= 15 is 0 Å². The van der Waals surface area contributed by atoms with E-state index in [1.807, 2.05) is 38.1 Å². The van der Waals surface area contributed by atoms with Gasteiger partial charge in [-0.3, -0.25) is 0 Å². The Kier molecular flexibility index (Phi) is 4.79. The lowest BCUT2D eigenvalue weighted by Crippen LogP contribution is -2.09. The maximum Gasteiger partial charge on any atom is 0.139 e. The molecule has 0 atom stereocenters. The predicted molar refractivity (Wildman–Crippen MR) is 85.0 cm³/mol. The van der Waals surface area contributed by atoms with Gasteiger partial charge in [0.2, 0.25) is 0 Å². The summed E-state index contributed by atoms with van der Waals surface area (Å²) in [5, 5.41) is 7.32. The van der Waals surface area contributed by atoms with Crippen molar-refractivity contribution in [3.05, 3.63) is 40.7 Å². The Labute approximate surface area is 124 Å². The molecule has 1 heterocycles. The molecule has 2 aromatic rings. The predicted octanol–water partition coefficient (Wildman–Crippen LogP) is 4.18. The van der Waals surface area contributed by atoms with E-state index in [2.05, 4.69) is 27.5 Å². The van der Waals surface area contributed by atoms with Crippen molar-refractivity contribution in [1.29, 1.82) is 0 Å². The molecule has 20 heavy (non-hydrogen) atoms. The van der Waals surface area contributed by atoms with Crippen LogP contribution in [0.25, 0.3) is 0 Å². The van der Waals surface area contributed by atoms with Crippen molar-refractivity contribution in [1.82, 2.24) is 9.97 Å². The molecule has 2 rings (SSSR count). The summed E-state index contributed by atoms with van der Waals surface area (Å²) < 4.78 is 0. The van der Waals surface area contributed by atoms with Crippen LogP contribution in [0.4, 0.5) is 17.3 Å². The summed E-state index contributed by atoms with van der Waals surface area (Å²) in [6, 6.07) is 7.57. The number of aromatic nitrogens is 2. The Morgan fingerprint density at radius 1 is 1.05 bits per heavy atom. The second-order valence-corrected chi connectivity index (χ2v) is 4.91. The second kappa shape index (κ2) is 6.57. The Hall–Kier alpha value is -1.81. The van der Waals surface area contributed by atoms with Crippen LogP contribution in [0.15, 0.2) is 24.3 Å². The second-order valence-electron chi connectivity index (χ2n) is 4.48. The number of nitrogens with zero attached hydrogens (tertiary/aromatic N) is 2. The SMILES string of the molecule is CCNc1nc(CC)nc(Nc2ccc(Cl)cc2)c1C. The molecule has 1 aromatic carbocycles. The minimum Gasteiger partial charge on any atom is -0.370 e. The van der Waals surface area contributed by atoms with E-state index < -0.39 is 0 Å². The average Bonchev–Trinajstić information content (AvgIpc) is 2.45. The molecule has 0 aliphatic heterocycles. The van der Waals surface area contributed by atoms with Crippen LogP contribution in [0.5, 0.6) is 0 Å². The van der Waals surface area contributed by atoms with Gasteiger partial charge in [-0.05, 0) is 38.1 Å². The van der Waals surface area contributed by atoms with Crippen LogP contribution in [0, 0.1) is 6.92 Å². The maximum absolute atomic E-state index is 5.90. The third kappa shape index (κ3) is 3.39. The Morgan fingerprint density at radius 2 is 1.70 bits per heavy atom. The van der Waals surface area contributed by atoms with Gasteiger partial charge in [0.15, 0.2) is 0 Å². The quantitative estimate of drug-likeness (QED) is 0.867. The number of hydrogen-bond donors (Lipinski definition) is 2. The van der Waals surface area contributed by atoms with Crippen LogP contribution < -0.4 is 10.6 Å². The summed E-state index contributed by atoms with van der Waals surface area (Å²) >= 11 is 5.90. The molecule has 1 aromatic heterocycles. The zero-order valence-electron chi connectivity index (χ0n) is 12.0. The van der Waals surface area contributed by atoms with E-state index in [1.165, 1.54) is 0 Å². The molecule has 0 aliphatic rings. The molecule has 0 unspecified atom stereocenters. The molecular weight excluding hydrogens is 272 g/mol. The standard InChI is InChI=1S/C15H19ClN4/c1-4-13-19-14(17-5-2)10(3)15(20-13)18-12-8-6-11(16)7-9-12/h6-9H,4-5H2,1-3H3,(H2,17,18,19,20). The molecule has 5 heteroatoms. The summed E-state index contributed by atoms with van der Waals surface area (Å²) in [6.07, 6.45) is 0.800. The van der Waals surface area contributed by atoms with Gasteiger partial charge in [0, 0.05) is 29.2 Å². The smallest absolute Gasteiger partial charge is 0.139 e. The van der Waals surface area contributed by atoms with Gasteiger partial charge in [-0.1, -0.05) is 18.5 Å². The molecule has 0 saturated carbocycles. The number of rotatable bonds is 5. The lowest BCUT2D eigenvalue weighted by atomic mass is 10.2. The minimum atomic E-state index is 0.720. The van der Waals surface area contributed by atoms with E-state index in [0.717, 1.165) is 46.7 Å². The highest BCUT2D eigenvalue weighted by molar-refractivity contribution is 6.30. The van der Waals surface area contributed by atoms with Crippen molar-refractivity contribution in [3.8, 4) is 0 Å². The number of aryl methyl sites for hydroxylation is 1. The van der Waals surface area contributed by atoms with Gasteiger partial charge in [-0.2, -0.15) is 0 Å². The van der Waals surface area contributed by atoms with E-state index in [4.69, 9.17) is 11.6 Å². The molecule has 4 nitrogen and oxygen atoms in total. The highest BCUT2D eigenvalue weighted by Crippen LogP contribution is 2.24. The molecule has 0 amide bonds. The van der Waals surface area contributed by atoms with Crippen molar-refractivity contribution >= 4 is 28.9 Å². The Morgan fingerprint density at radius 3 is 2.30 bits per heavy atom. The summed E-state index contributed by atoms with van der Waals surface area (Å²) in [6.45, 7) is 6.95. The lowest BCUT2D eigenvalue weighted by Gasteiger charge is -2.14. The van der Waals surface area contributed by atoms with Crippen LogP contribution in [-0.4, -0.2) is 16.5 Å². The number of halogens is 1. The van der Waals surface area contributed by atoms with Gasteiger partial charge in [0.25, 0.3) is 0 Å².